The fourth-order valence-electron chi connectivity index (χ4n) is 1.69. The molecule has 6 heteroatoms. The quantitative estimate of drug-likeness (QED) is 0.858. The lowest BCUT2D eigenvalue weighted by atomic mass is 10.1. The Morgan fingerprint density at radius 3 is 2.45 bits per heavy atom. The molecule has 2 N–H and O–H groups in total. The highest BCUT2D eigenvalue weighted by Crippen LogP contribution is 2.23. The third-order valence-corrected chi connectivity index (χ3v) is 3.60. The number of nitrogens with zero attached hydrogens (tertiary/aromatic N) is 1. The standard InChI is InChI=1S/C14H20Cl2N2O.ClH/c1-10(2)5-6-18(14(19)8-17)9-11-3-4-12(15)13(16)7-11;/h3-4,7,10H,5-6,8-9,17H2,1-2H3;1H. The third kappa shape index (κ3) is 6.31. The predicted octanol–water partition coefficient (Wildman–Crippen LogP) is 3.75. The van der Waals surface area contributed by atoms with Crippen LogP contribution >= 0.6 is 35.6 Å². The van der Waals surface area contributed by atoms with Crippen LogP contribution in [0, 0.1) is 5.92 Å². The SMILES string of the molecule is CC(C)CCN(Cc1ccc(Cl)c(Cl)c1)C(=O)CN.Cl. The van der Waals surface area contributed by atoms with Crippen molar-refractivity contribution >= 4 is 41.5 Å². The van der Waals surface area contributed by atoms with Crippen LogP contribution in [0.15, 0.2) is 18.2 Å². The second-order valence-corrected chi connectivity index (χ2v) is 5.76. The zero-order chi connectivity index (χ0) is 14.4. The van der Waals surface area contributed by atoms with Gasteiger partial charge in [-0.2, -0.15) is 0 Å². The summed E-state index contributed by atoms with van der Waals surface area (Å²) < 4.78 is 0. The van der Waals surface area contributed by atoms with Crippen LogP contribution in [0.5, 0.6) is 0 Å². The molecule has 0 aliphatic carbocycles. The van der Waals surface area contributed by atoms with Crippen molar-refractivity contribution in [3.8, 4) is 0 Å². The van der Waals surface area contributed by atoms with Crippen LogP contribution in [-0.2, 0) is 11.3 Å². The van der Waals surface area contributed by atoms with Crippen molar-refractivity contribution in [2.24, 2.45) is 11.7 Å². The van der Waals surface area contributed by atoms with Crippen LogP contribution in [0.4, 0.5) is 0 Å². The van der Waals surface area contributed by atoms with Gasteiger partial charge in [-0.25, -0.2) is 0 Å². The van der Waals surface area contributed by atoms with Gasteiger partial charge in [0.15, 0.2) is 0 Å². The van der Waals surface area contributed by atoms with Crippen molar-refractivity contribution in [2.45, 2.75) is 26.8 Å². The van der Waals surface area contributed by atoms with E-state index in [0.29, 0.717) is 29.1 Å². The smallest absolute Gasteiger partial charge is 0.236 e. The van der Waals surface area contributed by atoms with E-state index >= 15 is 0 Å². The Bertz CT molecular complexity index is 438. The van der Waals surface area contributed by atoms with E-state index in [4.69, 9.17) is 28.9 Å². The Balaban J connectivity index is 0.00000361. The van der Waals surface area contributed by atoms with Crippen molar-refractivity contribution in [3.63, 3.8) is 0 Å². The van der Waals surface area contributed by atoms with Gasteiger partial charge in [0.2, 0.25) is 5.91 Å². The summed E-state index contributed by atoms with van der Waals surface area (Å²) in [5.41, 5.74) is 6.41. The molecule has 114 valence electrons. The summed E-state index contributed by atoms with van der Waals surface area (Å²) in [4.78, 5) is 13.6. The second kappa shape index (κ2) is 9.46. The van der Waals surface area contributed by atoms with Gasteiger partial charge in [0.1, 0.15) is 0 Å². The molecule has 0 unspecified atom stereocenters. The fourth-order valence-corrected chi connectivity index (χ4v) is 2.01. The molecule has 1 amide bonds. The molecule has 0 bridgehead atoms. The fraction of sp³-hybridized carbons (Fsp3) is 0.500. The number of hydrogen-bond acceptors (Lipinski definition) is 2. The number of amides is 1. The summed E-state index contributed by atoms with van der Waals surface area (Å²) in [6, 6.07) is 5.41. The molecule has 0 aliphatic rings. The lowest BCUT2D eigenvalue weighted by molar-refractivity contribution is -0.130. The summed E-state index contributed by atoms with van der Waals surface area (Å²) in [7, 11) is 0. The first kappa shape index (κ1) is 19.5. The first-order valence-corrected chi connectivity index (χ1v) is 7.11. The molecule has 20 heavy (non-hydrogen) atoms. The van der Waals surface area contributed by atoms with Crippen molar-refractivity contribution in [2.75, 3.05) is 13.1 Å². The maximum absolute atomic E-state index is 11.8. The highest BCUT2D eigenvalue weighted by molar-refractivity contribution is 6.42. The van der Waals surface area contributed by atoms with Crippen molar-refractivity contribution < 1.29 is 4.79 Å². The Morgan fingerprint density at radius 1 is 1.30 bits per heavy atom. The van der Waals surface area contributed by atoms with Crippen molar-refractivity contribution in [3.05, 3.63) is 33.8 Å². The maximum Gasteiger partial charge on any atom is 0.236 e. The number of carbonyl (C=O) groups excluding carboxylic acids is 1. The normalized spacial score (nSPS) is 10.3. The molecule has 1 rings (SSSR count). The van der Waals surface area contributed by atoms with Crippen LogP contribution in [-0.4, -0.2) is 23.9 Å². The van der Waals surface area contributed by atoms with E-state index in [1.165, 1.54) is 0 Å². The van der Waals surface area contributed by atoms with Gasteiger partial charge in [0.25, 0.3) is 0 Å². The van der Waals surface area contributed by atoms with E-state index in [2.05, 4.69) is 13.8 Å². The highest BCUT2D eigenvalue weighted by Gasteiger charge is 2.13. The number of benzene rings is 1. The van der Waals surface area contributed by atoms with Crippen LogP contribution in [0.2, 0.25) is 10.0 Å². The molecule has 1 aromatic carbocycles. The number of rotatable bonds is 6. The molecule has 0 aliphatic heterocycles. The highest BCUT2D eigenvalue weighted by atomic mass is 35.5. The zero-order valence-electron chi connectivity index (χ0n) is 11.7. The van der Waals surface area contributed by atoms with Gasteiger partial charge < -0.3 is 10.6 Å². The van der Waals surface area contributed by atoms with Crippen LogP contribution in [0.1, 0.15) is 25.8 Å². The Morgan fingerprint density at radius 2 is 1.95 bits per heavy atom. The van der Waals surface area contributed by atoms with E-state index < -0.39 is 0 Å². The number of carbonyl (C=O) groups is 1. The third-order valence-electron chi connectivity index (χ3n) is 2.86. The molecular weight excluding hydrogens is 319 g/mol. The minimum atomic E-state index is -0.0493. The van der Waals surface area contributed by atoms with Gasteiger partial charge in [-0.3, -0.25) is 4.79 Å². The second-order valence-electron chi connectivity index (χ2n) is 4.95. The largest absolute Gasteiger partial charge is 0.337 e. The number of nitrogens with two attached hydrogens (primary N) is 1. The molecule has 0 atom stereocenters. The molecule has 3 nitrogen and oxygen atoms in total. The first-order valence-electron chi connectivity index (χ1n) is 6.35. The minimum absolute atomic E-state index is 0. The van der Waals surface area contributed by atoms with Crippen LogP contribution in [0.25, 0.3) is 0 Å². The van der Waals surface area contributed by atoms with Gasteiger partial charge in [-0.05, 0) is 30.0 Å². The van der Waals surface area contributed by atoms with Crippen molar-refractivity contribution in [1.29, 1.82) is 0 Å². The monoisotopic (exact) mass is 338 g/mol. The molecule has 0 aromatic heterocycles. The Kier molecular flexibility index (Phi) is 9.23. The van der Waals surface area contributed by atoms with Gasteiger partial charge in [-0.15, -0.1) is 12.4 Å². The predicted molar refractivity (Wildman–Crippen MR) is 87.6 cm³/mol. The van der Waals surface area contributed by atoms with Gasteiger partial charge in [0, 0.05) is 13.1 Å². The number of hydrogen-bond donors (Lipinski definition) is 1. The van der Waals surface area contributed by atoms with Gasteiger partial charge >= 0.3 is 0 Å². The average molecular weight is 340 g/mol. The summed E-state index contributed by atoms with van der Waals surface area (Å²) in [5, 5.41) is 1.02. The Labute approximate surface area is 136 Å². The summed E-state index contributed by atoms with van der Waals surface area (Å²) in [5.74, 6) is 0.494. The molecular formula is C14H21Cl3N2O. The molecule has 0 fully saturated rings. The average Bonchev–Trinajstić information content (AvgIpc) is 2.37. The Hall–Kier alpha value is -0.480. The molecule has 0 saturated carbocycles. The topological polar surface area (TPSA) is 46.3 Å². The lowest BCUT2D eigenvalue weighted by Gasteiger charge is -2.23. The molecule has 0 saturated heterocycles. The van der Waals surface area contributed by atoms with Gasteiger partial charge in [0.05, 0.1) is 16.6 Å². The molecule has 0 heterocycles. The van der Waals surface area contributed by atoms with Crippen LogP contribution < -0.4 is 5.73 Å². The maximum atomic E-state index is 11.8. The van der Waals surface area contributed by atoms with E-state index in [1.807, 2.05) is 6.07 Å². The number of halogens is 3. The summed E-state index contributed by atoms with van der Waals surface area (Å²) >= 11 is 11.9. The molecule has 0 radical (unpaired) electrons. The minimum Gasteiger partial charge on any atom is -0.337 e. The van der Waals surface area contributed by atoms with E-state index in [0.717, 1.165) is 12.0 Å². The molecule has 0 spiro atoms. The van der Waals surface area contributed by atoms with E-state index in [9.17, 15) is 4.79 Å². The molecule has 1 aromatic rings. The summed E-state index contributed by atoms with van der Waals surface area (Å²) in [6.45, 7) is 5.50. The zero-order valence-corrected chi connectivity index (χ0v) is 14.1. The summed E-state index contributed by atoms with van der Waals surface area (Å²) in [6.07, 6.45) is 0.951. The van der Waals surface area contributed by atoms with Gasteiger partial charge in [-0.1, -0.05) is 43.1 Å². The van der Waals surface area contributed by atoms with E-state index in [-0.39, 0.29) is 24.9 Å². The first-order chi connectivity index (χ1) is 8.93. The van der Waals surface area contributed by atoms with Crippen LogP contribution in [0.3, 0.4) is 0 Å². The van der Waals surface area contributed by atoms with E-state index in [1.54, 1.807) is 17.0 Å². The van der Waals surface area contributed by atoms with Crippen molar-refractivity contribution in [1.82, 2.24) is 4.90 Å². The lowest BCUT2D eigenvalue weighted by Crippen LogP contribution is -2.36.